The van der Waals surface area contributed by atoms with Crippen molar-refractivity contribution in [2.45, 2.75) is 135 Å². The average Bonchev–Trinajstić information content (AvgIpc) is 3.44. The van der Waals surface area contributed by atoms with Crippen LogP contribution >= 0.6 is 0 Å². The number of unbranched alkanes of at least 4 members (excludes halogenated alkanes) is 10. The number of rotatable bonds is 23. The molecule has 1 aliphatic carbocycles. The number of hydrogen-bond donors (Lipinski definition) is 2. The molecule has 1 aliphatic rings. The maximum Gasteiger partial charge on any atom is 0.412 e. The lowest BCUT2D eigenvalue weighted by atomic mass is 9.70. The quantitative estimate of drug-likeness (QED) is 0.0749. The fourth-order valence-electron chi connectivity index (χ4n) is 7.68. The van der Waals surface area contributed by atoms with Crippen LogP contribution in [0, 0.1) is 6.92 Å². The third-order valence-corrected chi connectivity index (χ3v) is 10.7. The van der Waals surface area contributed by atoms with Crippen LogP contribution in [-0.4, -0.2) is 24.4 Å². The maximum absolute atomic E-state index is 13.3. The zero-order valence-corrected chi connectivity index (χ0v) is 33.8. The van der Waals surface area contributed by atoms with Gasteiger partial charge in [0.25, 0.3) is 0 Å². The summed E-state index contributed by atoms with van der Waals surface area (Å²) in [5, 5.41) is 6.02. The second-order valence-electron chi connectivity index (χ2n) is 14.9. The summed E-state index contributed by atoms with van der Waals surface area (Å²) in [5.41, 5.74) is 8.12. The molecular formula is C49H64N2O4. The predicted molar refractivity (Wildman–Crippen MR) is 232 cm³/mol. The summed E-state index contributed by atoms with van der Waals surface area (Å²) in [5.74, 6) is 0. The summed E-state index contributed by atoms with van der Waals surface area (Å²) >= 11 is 0. The number of carbonyl (C=O) groups excluding carboxylic acids is 2. The molecule has 2 N–H and O–H groups in total. The highest BCUT2D eigenvalue weighted by molar-refractivity contribution is 5.91. The SMILES string of the molecule is C=CC(/C=C/C)OC(=O)Nc1ccc2c(c1)C(CCCCCCCC)(CCCCCCCC)c1cc(NC(=O)OC(C=C)/C=C/c3ccc(C)cc3)ccc1-2. The lowest BCUT2D eigenvalue weighted by Crippen LogP contribution is -2.26. The molecule has 0 bridgehead atoms. The second-order valence-corrected chi connectivity index (χ2v) is 14.9. The maximum atomic E-state index is 13.3. The fraction of sp³-hybridized carbons (Fsp3) is 0.429. The van der Waals surface area contributed by atoms with Crippen molar-refractivity contribution in [3.8, 4) is 11.1 Å². The summed E-state index contributed by atoms with van der Waals surface area (Å²) in [7, 11) is 0. The first kappa shape index (κ1) is 42.9. The molecule has 0 saturated carbocycles. The number of aryl methyl sites for hydroxylation is 1. The van der Waals surface area contributed by atoms with Gasteiger partial charge in [0.1, 0.15) is 12.2 Å². The fourth-order valence-corrected chi connectivity index (χ4v) is 7.68. The van der Waals surface area contributed by atoms with Crippen molar-refractivity contribution >= 4 is 29.6 Å². The number of carbonyl (C=O) groups is 2. The Morgan fingerprint density at radius 2 is 1.11 bits per heavy atom. The zero-order valence-electron chi connectivity index (χ0n) is 33.8. The Morgan fingerprint density at radius 1 is 0.655 bits per heavy atom. The smallest absolute Gasteiger partial charge is 0.412 e. The van der Waals surface area contributed by atoms with Gasteiger partial charge in [-0.2, -0.15) is 0 Å². The van der Waals surface area contributed by atoms with Crippen LogP contribution in [0.3, 0.4) is 0 Å². The van der Waals surface area contributed by atoms with E-state index in [1.165, 1.54) is 92.0 Å². The van der Waals surface area contributed by atoms with Gasteiger partial charge in [-0.25, -0.2) is 9.59 Å². The summed E-state index contributed by atoms with van der Waals surface area (Å²) < 4.78 is 11.4. The van der Waals surface area contributed by atoms with Gasteiger partial charge in [-0.3, -0.25) is 10.6 Å². The first-order chi connectivity index (χ1) is 26.8. The largest absolute Gasteiger partial charge is 0.437 e. The van der Waals surface area contributed by atoms with Gasteiger partial charge in [0, 0.05) is 16.8 Å². The number of ether oxygens (including phenoxy) is 2. The number of hydrogen-bond acceptors (Lipinski definition) is 4. The van der Waals surface area contributed by atoms with Crippen molar-refractivity contribution in [1.82, 2.24) is 0 Å². The molecule has 2 atom stereocenters. The van der Waals surface area contributed by atoms with Gasteiger partial charge in [-0.15, -0.1) is 0 Å². The Hall–Kier alpha value is -4.84. The molecule has 3 aromatic rings. The Bertz CT molecular complexity index is 1740. The summed E-state index contributed by atoms with van der Waals surface area (Å²) in [6.45, 7) is 16.1. The topological polar surface area (TPSA) is 76.7 Å². The van der Waals surface area contributed by atoms with Gasteiger partial charge in [0.05, 0.1) is 0 Å². The van der Waals surface area contributed by atoms with Crippen molar-refractivity contribution in [3.05, 3.63) is 126 Å². The van der Waals surface area contributed by atoms with E-state index in [9.17, 15) is 9.59 Å². The number of allylic oxidation sites excluding steroid dienone is 1. The first-order valence-corrected chi connectivity index (χ1v) is 20.6. The van der Waals surface area contributed by atoms with Crippen molar-refractivity contribution in [2.75, 3.05) is 10.6 Å². The van der Waals surface area contributed by atoms with Gasteiger partial charge < -0.3 is 9.47 Å². The number of fused-ring (bicyclic) bond motifs is 3. The predicted octanol–water partition coefficient (Wildman–Crippen LogP) is 14.3. The van der Waals surface area contributed by atoms with Gasteiger partial charge in [-0.05, 0) is 103 Å². The number of amides is 2. The summed E-state index contributed by atoms with van der Waals surface area (Å²) in [6, 6.07) is 20.6. The monoisotopic (exact) mass is 744 g/mol. The molecule has 0 aromatic heterocycles. The molecule has 3 aromatic carbocycles. The number of benzene rings is 3. The molecule has 2 amide bonds. The molecule has 2 unspecified atom stereocenters. The molecule has 55 heavy (non-hydrogen) atoms. The normalized spacial score (nSPS) is 13.9. The highest BCUT2D eigenvalue weighted by Crippen LogP contribution is 2.55. The van der Waals surface area contributed by atoms with Crippen LogP contribution in [0.5, 0.6) is 0 Å². The molecule has 6 heteroatoms. The highest BCUT2D eigenvalue weighted by atomic mass is 16.6. The Balaban J connectivity index is 1.65. The number of nitrogens with one attached hydrogen (secondary N) is 2. The van der Waals surface area contributed by atoms with E-state index in [1.54, 1.807) is 18.2 Å². The van der Waals surface area contributed by atoms with Gasteiger partial charge in [-0.1, -0.05) is 158 Å². The van der Waals surface area contributed by atoms with Gasteiger partial charge in [0.15, 0.2) is 0 Å². The molecular weight excluding hydrogens is 681 g/mol. The van der Waals surface area contributed by atoms with Gasteiger partial charge in [0.2, 0.25) is 0 Å². The lowest BCUT2D eigenvalue weighted by Gasteiger charge is -2.33. The van der Waals surface area contributed by atoms with Crippen molar-refractivity contribution in [2.24, 2.45) is 0 Å². The second kappa shape index (κ2) is 22.5. The van der Waals surface area contributed by atoms with Crippen LogP contribution in [0.15, 0.2) is 104 Å². The van der Waals surface area contributed by atoms with Crippen LogP contribution in [0.25, 0.3) is 17.2 Å². The van der Waals surface area contributed by atoms with Crippen LogP contribution in [0.1, 0.15) is 133 Å². The minimum absolute atomic E-state index is 0.279. The molecule has 0 saturated heterocycles. The summed E-state index contributed by atoms with van der Waals surface area (Å²) in [6.07, 6.45) is 24.9. The van der Waals surface area contributed by atoms with E-state index in [1.807, 2.05) is 49.4 Å². The lowest BCUT2D eigenvalue weighted by molar-refractivity contribution is 0.151. The highest BCUT2D eigenvalue weighted by Gasteiger charge is 2.42. The van der Waals surface area contributed by atoms with Crippen LogP contribution < -0.4 is 10.6 Å². The van der Waals surface area contributed by atoms with Crippen molar-refractivity contribution in [1.29, 1.82) is 0 Å². The molecule has 294 valence electrons. The van der Waals surface area contributed by atoms with Crippen molar-refractivity contribution < 1.29 is 19.1 Å². The zero-order chi connectivity index (χ0) is 39.5. The molecule has 0 aliphatic heterocycles. The minimum atomic E-state index is -0.586. The van der Waals surface area contributed by atoms with Crippen LogP contribution in [-0.2, 0) is 14.9 Å². The average molecular weight is 745 g/mol. The molecule has 0 fully saturated rings. The van der Waals surface area contributed by atoms with E-state index < -0.39 is 24.4 Å². The minimum Gasteiger partial charge on any atom is -0.437 e. The molecule has 4 rings (SSSR count). The molecule has 0 heterocycles. The van der Waals surface area contributed by atoms with Crippen molar-refractivity contribution in [3.63, 3.8) is 0 Å². The molecule has 6 nitrogen and oxygen atoms in total. The van der Waals surface area contributed by atoms with Gasteiger partial charge >= 0.3 is 12.2 Å². The van der Waals surface area contributed by atoms with Crippen LogP contribution in [0.4, 0.5) is 21.0 Å². The number of anilines is 2. The van der Waals surface area contributed by atoms with E-state index in [0.29, 0.717) is 11.4 Å². The third-order valence-electron chi connectivity index (χ3n) is 10.7. The van der Waals surface area contributed by atoms with E-state index in [-0.39, 0.29) is 5.41 Å². The van der Waals surface area contributed by atoms with E-state index in [2.05, 4.69) is 81.0 Å². The molecule has 0 radical (unpaired) electrons. The van der Waals surface area contributed by atoms with E-state index in [4.69, 9.17) is 9.47 Å². The van der Waals surface area contributed by atoms with E-state index in [0.717, 1.165) is 31.2 Å². The summed E-state index contributed by atoms with van der Waals surface area (Å²) in [4.78, 5) is 26.3. The Morgan fingerprint density at radius 3 is 1.56 bits per heavy atom. The molecule has 0 spiro atoms. The third kappa shape index (κ3) is 12.6. The standard InChI is InChI=1S/C49H64N2O4/c1-7-12-14-16-18-20-33-49(34-21-19-17-15-13-8-2)45-35-39(50-47(52)54-41(10-4)22-9-3)28-31-43(45)44-32-29-40(36-46(44)49)51-48(53)55-42(11-5)30-27-38-25-23-37(6)24-26-38/h9-11,22-32,35-36,41-42H,4-5,7-8,12-21,33-34H2,1-3,6H3,(H,50,52)(H,51,53)/b22-9+,30-27+. The van der Waals surface area contributed by atoms with E-state index >= 15 is 0 Å². The van der Waals surface area contributed by atoms with Crippen LogP contribution in [0.2, 0.25) is 0 Å². The first-order valence-electron chi connectivity index (χ1n) is 20.6. The Labute approximate surface area is 331 Å². The Kier molecular flexibility index (Phi) is 17.6.